The highest BCUT2D eigenvalue weighted by Gasteiger charge is 2.36. The summed E-state index contributed by atoms with van der Waals surface area (Å²) in [5.41, 5.74) is 0.306. The maximum atomic E-state index is 13.0. The lowest BCUT2D eigenvalue weighted by atomic mass is 9.91. The summed E-state index contributed by atoms with van der Waals surface area (Å²) in [6.45, 7) is -0.617. The second kappa shape index (κ2) is 10.0. The number of hydrogen-bond acceptors (Lipinski definition) is 6. The average Bonchev–Trinajstić information content (AvgIpc) is 3.41. The Kier molecular flexibility index (Phi) is 7.10. The molecule has 1 fully saturated rings. The number of anilines is 2. The Hall–Kier alpha value is -3.09. The van der Waals surface area contributed by atoms with Crippen molar-refractivity contribution in [1.82, 2.24) is 19.2 Å². The first-order chi connectivity index (χ1) is 16.2. The first-order valence-electron chi connectivity index (χ1n) is 10.8. The summed E-state index contributed by atoms with van der Waals surface area (Å²) >= 11 is 5.39. The van der Waals surface area contributed by atoms with Crippen molar-refractivity contribution < 1.29 is 26.3 Å². The van der Waals surface area contributed by atoms with Gasteiger partial charge in [0.25, 0.3) is 25.3 Å². The van der Waals surface area contributed by atoms with E-state index in [2.05, 4.69) is 20.7 Å². The van der Waals surface area contributed by atoms with E-state index in [1.165, 1.54) is 21.0 Å². The van der Waals surface area contributed by atoms with Gasteiger partial charge in [-0.2, -0.15) is 5.10 Å². The molecular weight excluding hydrogens is 474 g/mol. The highest BCUT2D eigenvalue weighted by atomic mass is 32.1. The number of aromatic nitrogens is 4. The molecule has 1 aliphatic rings. The number of pyridine rings is 1. The Bertz CT molecular complexity index is 1190. The summed E-state index contributed by atoms with van der Waals surface area (Å²) in [5.74, 6) is 0.283. The van der Waals surface area contributed by atoms with Crippen LogP contribution in [0.2, 0.25) is 0 Å². The van der Waals surface area contributed by atoms with Crippen molar-refractivity contribution in [2.24, 2.45) is 7.05 Å². The number of carbonyl (C=O) groups is 1. The quantitative estimate of drug-likeness (QED) is 0.361. The molecule has 0 atom stereocenters. The molecule has 3 heterocycles. The third-order valence-electron chi connectivity index (χ3n) is 5.80. The van der Waals surface area contributed by atoms with E-state index in [0.29, 0.717) is 37.1 Å². The SMILES string of the molecule is Cn1cc(C(=O)[N+](=S)C2CCC(Nc3cccc4nc(C(F)F)cn34)CC2)c(NCC(F)F)n1. The molecule has 0 aliphatic heterocycles. The Morgan fingerprint density at radius 1 is 1.21 bits per heavy atom. The summed E-state index contributed by atoms with van der Waals surface area (Å²) < 4.78 is 55.4. The minimum absolute atomic E-state index is 0.0689. The second-order valence-electron chi connectivity index (χ2n) is 8.22. The number of nitrogens with zero attached hydrogens (tertiary/aromatic N) is 5. The smallest absolute Gasteiger partial charge is 0.368 e. The van der Waals surface area contributed by atoms with E-state index in [1.54, 1.807) is 29.6 Å². The number of carbonyl (C=O) groups excluding carboxylic acids is 1. The van der Waals surface area contributed by atoms with Crippen LogP contribution in [-0.2, 0) is 19.5 Å². The van der Waals surface area contributed by atoms with Crippen LogP contribution in [0.25, 0.3) is 5.65 Å². The summed E-state index contributed by atoms with van der Waals surface area (Å²) in [5, 5.41) is 9.91. The van der Waals surface area contributed by atoms with Crippen molar-refractivity contribution in [3.8, 4) is 0 Å². The van der Waals surface area contributed by atoms with Crippen molar-refractivity contribution >= 4 is 35.6 Å². The fraction of sp³-hybridized carbons (Fsp3) is 0.476. The third-order valence-corrected chi connectivity index (χ3v) is 6.26. The van der Waals surface area contributed by atoms with Gasteiger partial charge >= 0.3 is 5.91 Å². The van der Waals surface area contributed by atoms with Gasteiger partial charge in [-0.25, -0.2) is 27.3 Å². The van der Waals surface area contributed by atoms with Crippen molar-refractivity contribution in [2.75, 3.05) is 17.2 Å². The molecule has 13 heteroatoms. The van der Waals surface area contributed by atoms with Crippen LogP contribution < -0.4 is 10.6 Å². The van der Waals surface area contributed by atoms with Gasteiger partial charge in [-0.15, -0.1) is 0 Å². The first-order valence-corrected chi connectivity index (χ1v) is 11.2. The van der Waals surface area contributed by atoms with E-state index in [4.69, 9.17) is 12.4 Å². The number of nitrogens with one attached hydrogen (secondary N) is 2. The molecule has 34 heavy (non-hydrogen) atoms. The topological polar surface area (TPSA) is 79.3 Å². The molecule has 1 saturated carbocycles. The molecule has 0 radical (unpaired) electrons. The zero-order valence-corrected chi connectivity index (χ0v) is 19.1. The minimum atomic E-state index is -2.65. The molecule has 0 saturated heterocycles. The van der Waals surface area contributed by atoms with Gasteiger partial charge in [0.1, 0.15) is 17.2 Å². The Labute approximate surface area is 198 Å². The maximum absolute atomic E-state index is 13.0. The molecule has 0 bridgehead atoms. The predicted molar refractivity (Wildman–Crippen MR) is 119 cm³/mol. The lowest BCUT2D eigenvalue weighted by molar-refractivity contribution is -0.448. The van der Waals surface area contributed by atoms with Gasteiger partial charge in [0.05, 0.1) is 6.54 Å². The van der Waals surface area contributed by atoms with E-state index in [0.717, 1.165) is 0 Å². The van der Waals surface area contributed by atoms with Crippen LogP contribution in [0.3, 0.4) is 0 Å². The number of halogens is 4. The number of amides is 1. The Balaban J connectivity index is 1.38. The Morgan fingerprint density at radius 2 is 1.94 bits per heavy atom. The van der Waals surface area contributed by atoms with E-state index in [9.17, 15) is 22.4 Å². The predicted octanol–water partition coefficient (Wildman–Crippen LogP) is 3.99. The zero-order chi connectivity index (χ0) is 24.4. The van der Waals surface area contributed by atoms with Crippen LogP contribution in [0.1, 0.15) is 48.2 Å². The summed E-state index contributed by atoms with van der Waals surface area (Å²) in [7, 11) is 1.60. The fourth-order valence-electron chi connectivity index (χ4n) is 4.15. The molecule has 1 aliphatic carbocycles. The largest absolute Gasteiger partial charge is 0.438 e. The molecular formula is C21H24F4N7OS+. The zero-order valence-electron chi connectivity index (χ0n) is 18.3. The normalized spacial score (nSPS) is 18.6. The van der Waals surface area contributed by atoms with Crippen molar-refractivity contribution in [3.63, 3.8) is 0 Å². The first kappa shape index (κ1) is 24.0. The standard InChI is InChI=1S/C21H24F4N7OS/c1-30-10-14(20(29-30)26-9-16(22)23)21(33)32(34)13-7-5-12(6-8-13)27-17-3-2-4-18-28-15(19(24)25)11-31(17)18/h2-4,10-13,16,19,27H,5-9H2,1H3,(H,26,29)/q+1. The minimum Gasteiger partial charge on any atom is -0.368 e. The highest BCUT2D eigenvalue weighted by Crippen LogP contribution is 2.27. The van der Waals surface area contributed by atoms with Crippen molar-refractivity contribution in [2.45, 2.75) is 50.6 Å². The molecule has 2 N–H and O–H groups in total. The lowest BCUT2D eigenvalue weighted by Crippen LogP contribution is -2.37. The van der Waals surface area contributed by atoms with E-state index in [-0.39, 0.29) is 29.2 Å². The van der Waals surface area contributed by atoms with Gasteiger partial charge in [0.2, 0.25) is 0 Å². The monoisotopic (exact) mass is 498 g/mol. The second-order valence-corrected chi connectivity index (χ2v) is 8.62. The van der Waals surface area contributed by atoms with E-state index in [1.807, 2.05) is 0 Å². The van der Waals surface area contributed by atoms with Gasteiger partial charge in [-0.1, -0.05) is 10.0 Å². The van der Waals surface area contributed by atoms with E-state index >= 15 is 0 Å². The van der Waals surface area contributed by atoms with Gasteiger partial charge in [-0.05, 0) is 25.0 Å². The number of aryl methyl sites for hydroxylation is 1. The number of hydrogen-bond donors (Lipinski definition) is 2. The third kappa shape index (κ3) is 5.18. The van der Waals surface area contributed by atoms with Crippen LogP contribution in [0.4, 0.5) is 29.2 Å². The van der Waals surface area contributed by atoms with Gasteiger partial charge in [0.15, 0.2) is 17.4 Å². The number of imidazole rings is 1. The molecule has 3 aromatic rings. The average molecular weight is 499 g/mol. The van der Waals surface area contributed by atoms with Gasteiger partial charge in [0, 0.05) is 38.3 Å². The summed E-state index contributed by atoms with van der Waals surface area (Å²) in [6, 6.07) is 5.09. The van der Waals surface area contributed by atoms with Crippen LogP contribution >= 0.6 is 0 Å². The van der Waals surface area contributed by atoms with Crippen LogP contribution in [0, 0.1) is 0 Å². The van der Waals surface area contributed by atoms with Crippen LogP contribution in [0.5, 0.6) is 0 Å². The highest BCUT2D eigenvalue weighted by molar-refractivity contribution is 7.44. The Morgan fingerprint density at radius 3 is 2.62 bits per heavy atom. The molecule has 3 aromatic heterocycles. The number of rotatable bonds is 8. The van der Waals surface area contributed by atoms with Crippen molar-refractivity contribution in [3.05, 3.63) is 41.9 Å². The van der Waals surface area contributed by atoms with Crippen molar-refractivity contribution in [1.29, 1.82) is 0 Å². The fourth-order valence-corrected chi connectivity index (χ4v) is 4.46. The molecule has 0 unspecified atom stereocenters. The van der Waals surface area contributed by atoms with Gasteiger partial charge < -0.3 is 10.6 Å². The lowest BCUT2D eigenvalue weighted by Gasteiger charge is -2.26. The number of fused-ring (bicyclic) bond motifs is 1. The molecule has 1 amide bonds. The van der Waals surface area contributed by atoms with Gasteiger partial charge in [-0.3, -0.25) is 9.08 Å². The summed E-state index contributed by atoms with van der Waals surface area (Å²) in [4.78, 5) is 16.9. The van der Waals surface area contributed by atoms with Crippen LogP contribution in [-0.4, -0.2) is 54.1 Å². The molecule has 0 spiro atoms. The molecule has 182 valence electrons. The molecule has 8 nitrogen and oxygen atoms in total. The maximum Gasteiger partial charge on any atom is 0.438 e. The van der Waals surface area contributed by atoms with Crippen LogP contribution in [0.15, 0.2) is 30.6 Å². The van der Waals surface area contributed by atoms with E-state index < -0.39 is 25.3 Å². The molecule has 0 aromatic carbocycles. The molecule has 4 rings (SSSR count). The summed E-state index contributed by atoms with van der Waals surface area (Å²) in [6.07, 6.45) is 0.243. The number of alkyl halides is 4.